The van der Waals surface area contributed by atoms with E-state index in [1.165, 1.54) is 154 Å². The molecule has 9 nitrogen and oxygen atoms in total. The van der Waals surface area contributed by atoms with E-state index >= 15 is 0 Å². The van der Waals surface area contributed by atoms with E-state index in [9.17, 15) is 19.0 Å². The average Bonchev–Trinajstić information content (AvgIpc) is 3.47. The van der Waals surface area contributed by atoms with Crippen LogP contribution >= 0.6 is 7.82 Å². The first kappa shape index (κ1) is 79.9. The molecule has 0 fully saturated rings. The summed E-state index contributed by atoms with van der Waals surface area (Å²) in [5.74, 6) is -0.553. The number of esters is 1. The number of carbonyl (C=O) groups is 2. The molecule has 0 heterocycles. The molecule has 3 atom stereocenters. The molecule has 0 rings (SSSR count). The van der Waals surface area contributed by atoms with Gasteiger partial charge in [0.25, 0.3) is 7.82 Å². The van der Waals surface area contributed by atoms with Gasteiger partial charge >= 0.3 is 5.97 Å². The first-order valence-electron chi connectivity index (χ1n) is 34.5. The first-order chi connectivity index (χ1) is 40.4. The molecule has 0 saturated carbocycles. The Balaban J connectivity index is 5.19. The van der Waals surface area contributed by atoms with Gasteiger partial charge in [-0.3, -0.25) is 14.2 Å². The third-order valence-corrected chi connectivity index (χ3v) is 16.0. The van der Waals surface area contributed by atoms with Crippen LogP contribution in [0.15, 0.2) is 97.2 Å². The van der Waals surface area contributed by atoms with Crippen LogP contribution in [0.1, 0.15) is 303 Å². The molecule has 1 N–H and O–H groups in total. The first-order valence-corrected chi connectivity index (χ1v) is 36.0. The Kier molecular flexibility index (Phi) is 59.7. The van der Waals surface area contributed by atoms with Gasteiger partial charge in [-0.1, -0.05) is 279 Å². The lowest BCUT2D eigenvalue weighted by molar-refractivity contribution is -0.870. The van der Waals surface area contributed by atoms with Gasteiger partial charge in [0, 0.05) is 12.8 Å². The lowest BCUT2D eigenvalue weighted by atomic mass is 10.0. The number of hydrogen-bond donors (Lipinski definition) is 1. The molecule has 0 aliphatic heterocycles. The standard InChI is InChI=1S/C73H131N2O7P/c1-7-10-13-16-19-22-25-28-30-32-34-36-37-39-41-43-45-48-51-54-57-60-63-66-73(77)82-71(64-61-58-55-52-49-46-27-24-21-18-15-12-9-3)70(69-81-83(78,79)80-68-67-75(4,5)6)74-72(76)65-62-59-56-53-50-47-44-42-40-38-35-33-31-29-26-23-20-17-14-11-8-2/h10,13,19-20,22-23,28-31,34,36,39,41,61,64,70-71H,7-9,11-12,14-18,21,24-27,32-33,35,37-38,40,42-60,62-63,65-69H2,1-6H3,(H-,74,76,78,79)/b13-10-,22-19-,23-20-,30-28-,31-29-,36-34-,41-39-,64-61+. The quantitative estimate of drug-likeness (QED) is 0.0212. The lowest BCUT2D eigenvalue weighted by Crippen LogP contribution is -2.47. The van der Waals surface area contributed by atoms with Gasteiger partial charge in [0.15, 0.2) is 0 Å². The number of hydrogen-bond acceptors (Lipinski definition) is 7. The summed E-state index contributed by atoms with van der Waals surface area (Å²) in [6, 6.07) is -0.900. The Morgan fingerprint density at radius 3 is 1.18 bits per heavy atom. The van der Waals surface area contributed by atoms with Crippen molar-refractivity contribution in [2.24, 2.45) is 0 Å². The smallest absolute Gasteiger partial charge is 0.306 e. The van der Waals surface area contributed by atoms with Crippen molar-refractivity contribution in [3.05, 3.63) is 97.2 Å². The number of unbranched alkanes of at least 4 members (excludes halogenated alkanes) is 32. The molecule has 0 aromatic carbocycles. The minimum Gasteiger partial charge on any atom is -0.756 e. The van der Waals surface area contributed by atoms with Crippen molar-refractivity contribution >= 4 is 19.7 Å². The zero-order valence-corrected chi connectivity index (χ0v) is 55.8. The van der Waals surface area contributed by atoms with Gasteiger partial charge in [0.2, 0.25) is 5.91 Å². The second-order valence-corrected chi connectivity index (χ2v) is 25.7. The van der Waals surface area contributed by atoms with Crippen LogP contribution in [0, 0.1) is 0 Å². The minimum absolute atomic E-state index is 0.0282. The number of nitrogens with one attached hydrogen (secondary N) is 1. The summed E-state index contributed by atoms with van der Waals surface area (Å²) >= 11 is 0. The number of likely N-dealkylation sites (N-methyl/N-ethyl adjacent to an activating group) is 1. The highest BCUT2D eigenvalue weighted by molar-refractivity contribution is 7.45. The van der Waals surface area contributed by atoms with E-state index < -0.39 is 26.6 Å². The normalized spacial score (nSPS) is 14.2. The summed E-state index contributed by atoms with van der Waals surface area (Å²) in [7, 11) is 1.17. The lowest BCUT2D eigenvalue weighted by Gasteiger charge is -2.30. The molecule has 83 heavy (non-hydrogen) atoms. The summed E-state index contributed by atoms with van der Waals surface area (Å²) in [5, 5.41) is 3.04. The number of quaternary nitrogens is 1. The van der Waals surface area contributed by atoms with Gasteiger partial charge < -0.3 is 28.5 Å². The van der Waals surface area contributed by atoms with Gasteiger partial charge in [-0.2, -0.15) is 0 Å². The molecular formula is C73H131N2O7P. The number of rotatable bonds is 62. The van der Waals surface area contributed by atoms with Crippen LogP contribution in [0.4, 0.5) is 0 Å². The van der Waals surface area contributed by atoms with E-state index in [4.69, 9.17) is 13.8 Å². The minimum atomic E-state index is -4.71. The molecule has 0 saturated heterocycles. The number of carbonyl (C=O) groups excluding carboxylic acids is 2. The number of nitrogens with zero attached hydrogens (tertiary/aromatic N) is 1. The number of phosphoric ester groups is 1. The van der Waals surface area contributed by atoms with Crippen LogP contribution in [-0.2, 0) is 27.9 Å². The maximum absolute atomic E-state index is 13.6. The second-order valence-electron chi connectivity index (χ2n) is 24.3. The van der Waals surface area contributed by atoms with E-state index in [2.05, 4.69) is 111 Å². The molecule has 0 aromatic rings. The Morgan fingerprint density at radius 1 is 0.434 bits per heavy atom. The Bertz CT molecular complexity index is 1740. The van der Waals surface area contributed by atoms with Crippen molar-refractivity contribution < 1.29 is 37.3 Å². The number of phosphoric acid groups is 1. The van der Waals surface area contributed by atoms with E-state index in [0.717, 1.165) is 109 Å². The summed E-state index contributed by atoms with van der Waals surface area (Å²) in [6.45, 7) is 6.72. The summed E-state index contributed by atoms with van der Waals surface area (Å²) in [6.07, 6.45) is 83.7. The third-order valence-electron chi connectivity index (χ3n) is 15.0. The number of allylic oxidation sites excluding steroid dienone is 15. The topological polar surface area (TPSA) is 114 Å². The predicted octanol–water partition coefficient (Wildman–Crippen LogP) is 21.3. The highest BCUT2D eigenvalue weighted by Gasteiger charge is 2.27. The maximum Gasteiger partial charge on any atom is 0.306 e. The van der Waals surface area contributed by atoms with Gasteiger partial charge in [-0.05, 0) is 109 Å². The molecule has 1 amide bonds. The molecule has 0 aliphatic carbocycles. The molecule has 0 aromatic heterocycles. The Morgan fingerprint density at radius 2 is 0.771 bits per heavy atom. The third kappa shape index (κ3) is 63.3. The molecule has 0 radical (unpaired) electrons. The average molecular weight is 1180 g/mol. The zero-order valence-electron chi connectivity index (χ0n) is 54.9. The fourth-order valence-electron chi connectivity index (χ4n) is 9.70. The molecule has 480 valence electrons. The monoisotopic (exact) mass is 1180 g/mol. The SMILES string of the molecule is CC/C=C\C/C=C\C/C=C\C/C=C\C/C=C\CCCCCCCCCC(=O)OC(/C=C/CCCCCCCCCCCCC)C(COP(=O)([O-])OCC[N+](C)(C)C)NC(=O)CCCCCCCCCCCCC/C=C\C/C=C\CCCCC. The molecule has 0 aliphatic rings. The van der Waals surface area contributed by atoms with Crippen molar-refractivity contribution in [1.29, 1.82) is 0 Å². The number of ether oxygens (including phenoxy) is 1. The van der Waals surface area contributed by atoms with Crippen LogP contribution in [0.3, 0.4) is 0 Å². The summed E-state index contributed by atoms with van der Waals surface area (Å²) in [5.41, 5.74) is 0. The van der Waals surface area contributed by atoms with Crippen LogP contribution in [0.5, 0.6) is 0 Å². The van der Waals surface area contributed by atoms with E-state index in [1.54, 1.807) is 0 Å². The molecule has 10 heteroatoms. The van der Waals surface area contributed by atoms with E-state index in [0.29, 0.717) is 23.9 Å². The summed E-state index contributed by atoms with van der Waals surface area (Å²) < 4.78 is 30.4. The van der Waals surface area contributed by atoms with Gasteiger partial charge in [0.1, 0.15) is 19.3 Å². The van der Waals surface area contributed by atoms with Crippen molar-refractivity contribution in [2.45, 2.75) is 315 Å². The number of amides is 1. The van der Waals surface area contributed by atoms with E-state index in [-0.39, 0.29) is 24.9 Å². The van der Waals surface area contributed by atoms with Crippen molar-refractivity contribution in [3.8, 4) is 0 Å². The maximum atomic E-state index is 13.6. The van der Waals surface area contributed by atoms with Gasteiger partial charge in [-0.15, -0.1) is 0 Å². The molecule has 0 spiro atoms. The summed E-state index contributed by atoms with van der Waals surface area (Å²) in [4.78, 5) is 40.2. The van der Waals surface area contributed by atoms with Crippen LogP contribution in [0.25, 0.3) is 0 Å². The molecule has 3 unspecified atom stereocenters. The highest BCUT2D eigenvalue weighted by Crippen LogP contribution is 2.38. The highest BCUT2D eigenvalue weighted by atomic mass is 31.2. The Hall–Kier alpha value is -3.07. The van der Waals surface area contributed by atoms with E-state index in [1.807, 2.05) is 33.3 Å². The fraction of sp³-hybridized carbons (Fsp3) is 0.753. The Labute approximate surface area is 513 Å². The van der Waals surface area contributed by atoms with Crippen LogP contribution < -0.4 is 10.2 Å². The van der Waals surface area contributed by atoms with Crippen molar-refractivity contribution in [3.63, 3.8) is 0 Å². The fourth-order valence-corrected chi connectivity index (χ4v) is 10.4. The second kappa shape index (κ2) is 62.0. The largest absolute Gasteiger partial charge is 0.756 e. The van der Waals surface area contributed by atoms with Crippen LogP contribution in [-0.4, -0.2) is 69.4 Å². The molecular weight excluding hydrogens is 1050 g/mol. The van der Waals surface area contributed by atoms with Gasteiger partial charge in [-0.25, -0.2) is 0 Å². The molecule has 0 bridgehead atoms. The predicted molar refractivity (Wildman–Crippen MR) is 358 cm³/mol. The van der Waals surface area contributed by atoms with Crippen LogP contribution in [0.2, 0.25) is 0 Å². The van der Waals surface area contributed by atoms with Crippen molar-refractivity contribution in [2.75, 3.05) is 40.9 Å². The van der Waals surface area contributed by atoms with Gasteiger partial charge in [0.05, 0.1) is 33.8 Å². The van der Waals surface area contributed by atoms with Crippen molar-refractivity contribution in [1.82, 2.24) is 5.32 Å². The zero-order chi connectivity index (χ0) is 60.7.